The van der Waals surface area contributed by atoms with Gasteiger partial charge >= 0.3 is 12.1 Å². The Hall–Kier alpha value is -0.390. The fraction of sp³-hybridized carbons (Fsp3) is 1.00. The third-order valence-corrected chi connectivity index (χ3v) is 1.33. The monoisotopic (exact) mass is 192 g/mol. The summed E-state index contributed by atoms with van der Waals surface area (Å²) in [4.78, 5) is 0. The molecule has 0 saturated heterocycles. The molecule has 0 bridgehead atoms. The molecule has 0 aliphatic heterocycles. The van der Waals surface area contributed by atoms with Crippen LogP contribution in [0.4, 0.5) is 22.0 Å². The van der Waals surface area contributed by atoms with Crippen molar-refractivity contribution in [2.24, 2.45) is 5.92 Å². The minimum atomic E-state index is -5.52. The summed E-state index contributed by atoms with van der Waals surface area (Å²) in [7, 11) is 0. The summed E-state index contributed by atoms with van der Waals surface area (Å²) >= 11 is 0. The number of hydrogen-bond donors (Lipinski definition) is 1. The molecule has 0 radical (unpaired) electrons. The van der Waals surface area contributed by atoms with E-state index in [1.54, 1.807) is 0 Å². The highest BCUT2D eigenvalue weighted by Gasteiger charge is 2.57. The van der Waals surface area contributed by atoms with Crippen LogP contribution < -0.4 is 0 Å². The first-order chi connectivity index (χ1) is 5.20. The first kappa shape index (κ1) is 11.6. The second-order valence-corrected chi connectivity index (χ2v) is 2.69. The summed E-state index contributed by atoms with van der Waals surface area (Å²) in [6.07, 6.45) is -6.89. The Morgan fingerprint density at radius 2 is 1.58 bits per heavy atom. The van der Waals surface area contributed by atoms with Crippen molar-refractivity contribution in [2.45, 2.75) is 25.4 Å². The summed E-state index contributed by atoms with van der Waals surface area (Å²) in [5.74, 6) is -5.75. The maximum Gasteiger partial charge on any atom is 0.453 e. The SMILES string of the molecule is CC(CO)CC(F)(F)C(F)(F)F. The molecule has 0 aliphatic carbocycles. The van der Waals surface area contributed by atoms with Crippen molar-refractivity contribution in [3.63, 3.8) is 0 Å². The van der Waals surface area contributed by atoms with Gasteiger partial charge in [-0.25, -0.2) is 0 Å². The number of halogens is 5. The van der Waals surface area contributed by atoms with Crippen LogP contribution in [-0.4, -0.2) is 23.8 Å². The lowest BCUT2D eigenvalue weighted by Crippen LogP contribution is -2.38. The summed E-state index contributed by atoms with van der Waals surface area (Å²) in [6, 6.07) is 0. The molecule has 1 N–H and O–H groups in total. The van der Waals surface area contributed by atoms with Crippen LogP contribution in [0.3, 0.4) is 0 Å². The van der Waals surface area contributed by atoms with Crippen LogP contribution in [-0.2, 0) is 0 Å². The largest absolute Gasteiger partial charge is 0.453 e. The van der Waals surface area contributed by atoms with Crippen LogP contribution in [0.1, 0.15) is 13.3 Å². The van der Waals surface area contributed by atoms with Gasteiger partial charge in [0.25, 0.3) is 0 Å². The van der Waals surface area contributed by atoms with Crippen molar-refractivity contribution in [3.8, 4) is 0 Å². The lowest BCUT2D eigenvalue weighted by atomic mass is 10.0. The minimum absolute atomic E-state index is 0.675. The van der Waals surface area contributed by atoms with E-state index in [1.165, 1.54) is 0 Å². The average molecular weight is 192 g/mol. The van der Waals surface area contributed by atoms with Crippen LogP contribution in [0.5, 0.6) is 0 Å². The van der Waals surface area contributed by atoms with Gasteiger partial charge in [0.1, 0.15) is 0 Å². The molecule has 0 aliphatic rings. The van der Waals surface area contributed by atoms with E-state index in [4.69, 9.17) is 5.11 Å². The van der Waals surface area contributed by atoms with Crippen LogP contribution in [0.25, 0.3) is 0 Å². The second-order valence-electron chi connectivity index (χ2n) is 2.69. The molecule has 0 amide bonds. The fourth-order valence-electron chi connectivity index (χ4n) is 0.618. The number of hydrogen-bond acceptors (Lipinski definition) is 1. The Kier molecular flexibility index (Phi) is 3.44. The molecule has 0 fully saturated rings. The predicted molar refractivity (Wildman–Crippen MR) is 31.9 cm³/mol. The quantitative estimate of drug-likeness (QED) is 0.679. The van der Waals surface area contributed by atoms with Crippen molar-refractivity contribution in [2.75, 3.05) is 6.61 Å². The van der Waals surface area contributed by atoms with Gasteiger partial charge in [-0.2, -0.15) is 22.0 Å². The maximum absolute atomic E-state index is 12.1. The summed E-state index contributed by atoms with van der Waals surface area (Å²) in [6.45, 7) is 0.450. The van der Waals surface area contributed by atoms with Gasteiger partial charge in [-0.05, 0) is 5.92 Å². The predicted octanol–water partition coefficient (Wildman–Crippen LogP) is 2.20. The van der Waals surface area contributed by atoms with Gasteiger partial charge in [0.15, 0.2) is 0 Å². The highest BCUT2D eigenvalue weighted by Crippen LogP contribution is 2.39. The lowest BCUT2D eigenvalue weighted by Gasteiger charge is -2.21. The topological polar surface area (TPSA) is 20.2 Å². The molecule has 0 saturated carbocycles. The minimum Gasteiger partial charge on any atom is -0.396 e. The van der Waals surface area contributed by atoms with Crippen molar-refractivity contribution in [3.05, 3.63) is 0 Å². The second kappa shape index (κ2) is 3.55. The van der Waals surface area contributed by atoms with Gasteiger partial charge in [0, 0.05) is 13.0 Å². The lowest BCUT2D eigenvalue weighted by molar-refractivity contribution is -0.288. The zero-order valence-electron chi connectivity index (χ0n) is 6.33. The van der Waals surface area contributed by atoms with Crippen LogP contribution in [0, 0.1) is 5.92 Å². The van der Waals surface area contributed by atoms with Gasteiger partial charge in [-0.15, -0.1) is 0 Å². The maximum atomic E-state index is 12.1. The third-order valence-electron chi connectivity index (χ3n) is 1.33. The highest BCUT2D eigenvalue weighted by atomic mass is 19.4. The van der Waals surface area contributed by atoms with Gasteiger partial charge in [-0.3, -0.25) is 0 Å². The number of aliphatic hydroxyl groups excluding tert-OH is 1. The van der Waals surface area contributed by atoms with Crippen molar-refractivity contribution < 1.29 is 27.1 Å². The normalized spacial score (nSPS) is 16.2. The molecule has 0 rings (SSSR count). The van der Waals surface area contributed by atoms with Gasteiger partial charge < -0.3 is 5.11 Å². The molecule has 1 atom stereocenters. The zero-order chi connectivity index (χ0) is 9.99. The number of rotatable bonds is 3. The molecule has 0 heterocycles. The summed E-state index contributed by atoms with van der Waals surface area (Å²) in [5.41, 5.74) is 0. The van der Waals surface area contributed by atoms with E-state index in [-0.39, 0.29) is 0 Å². The van der Waals surface area contributed by atoms with Crippen LogP contribution in [0.2, 0.25) is 0 Å². The van der Waals surface area contributed by atoms with Crippen molar-refractivity contribution in [1.82, 2.24) is 0 Å². The summed E-state index contributed by atoms with van der Waals surface area (Å²) < 4.78 is 58.8. The molecule has 6 heteroatoms. The van der Waals surface area contributed by atoms with E-state index < -0.39 is 31.0 Å². The molecule has 12 heavy (non-hydrogen) atoms. The van der Waals surface area contributed by atoms with E-state index in [2.05, 4.69) is 0 Å². The molecule has 1 unspecified atom stereocenters. The summed E-state index contributed by atoms with van der Waals surface area (Å²) in [5, 5.41) is 8.26. The number of aliphatic hydroxyl groups is 1. The first-order valence-corrected chi connectivity index (χ1v) is 3.26. The van der Waals surface area contributed by atoms with Gasteiger partial charge in [0.05, 0.1) is 0 Å². The Morgan fingerprint density at radius 1 is 1.17 bits per heavy atom. The van der Waals surface area contributed by atoms with E-state index in [1.807, 2.05) is 0 Å². The van der Waals surface area contributed by atoms with E-state index in [0.29, 0.717) is 0 Å². The van der Waals surface area contributed by atoms with Gasteiger partial charge in [-0.1, -0.05) is 6.92 Å². The van der Waals surface area contributed by atoms with Gasteiger partial charge in [0.2, 0.25) is 0 Å². The fourth-order valence-corrected chi connectivity index (χ4v) is 0.618. The average Bonchev–Trinajstić information content (AvgIpc) is 1.84. The molecule has 1 nitrogen and oxygen atoms in total. The molecule has 0 spiro atoms. The molecule has 0 aromatic rings. The zero-order valence-corrected chi connectivity index (χ0v) is 6.33. The highest BCUT2D eigenvalue weighted by molar-refractivity contribution is 4.77. The molecular weight excluding hydrogens is 183 g/mol. The Balaban J connectivity index is 4.22. The Labute approximate surface area is 66.2 Å². The van der Waals surface area contributed by atoms with Crippen LogP contribution >= 0.6 is 0 Å². The van der Waals surface area contributed by atoms with E-state index in [0.717, 1.165) is 6.92 Å². The smallest absolute Gasteiger partial charge is 0.396 e. The molecule has 0 aromatic carbocycles. The Bertz CT molecular complexity index is 141. The van der Waals surface area contributed by atoms with E-state index in [9.17, 15) is 22.0 Å². The van der Waals surface area contributed by atoms with Crippen molar-refractivity contribution >= 4 is 0 Å². The van der Waals surface area contributed by atoms with Crippen LogP contribution in [0.15, 0.2) is 0 Å². The Morgan fingerprint density at radius 3 is 1.83 bits per heavy atom. The first-order valence-electron chi connectivity index (χ1n) is 3.26. The van der Waals surface area contributed by atoms with E-state index >= 15 is 0 Å². The third kappa shape index (κ3) is 2.92. The number of alkyl halides is 5. The molecule has 0 aromatic heterocycles. The molecule has 74 valence electrons. The van der Waals surface area contributed by atoms with Crippen molar-refractivity contribution in [1.29, 1.82) is 0 Å². The molecular formula is C6H9F5O. The standard InChI is InChI=1S/C6H9F5O/c1-4(3-12)2-5(7,8)6(9,10)11/h4,12H,2-3H2,1H3.